The summed E-state index contributed by atoms with van der Waals surface area (Å²) >= 11 is 0. The van der Waals surface area contributed by atoms with Crippen molar-refractivity contribution in [3.63, 3.8) is 0 Å². The highest BCUT2D eigenvalue weighted by Crippen LogP contribution is 2.04. The van der Waals surface area contributed by atoms with Crippen LogP contribution in [0.25, 0.3) is 0 Å². The van der Waals surface area contributed by atoms with Crippen molar-refractivity contribution in [1.82, 2.24) is 5.32 Å². The number of hydrogen-bond acceptors (Lipinski definition) is 4. The molecule has 0 radical (unpaired) electrons. The molecule has 1 aliphatic heterocycles. The fourth-order valence-corrected chi connectivity index (χ4v) is 2.27. The summed E-state index contributed by atoms with van der Waals surface area (Å²) in [5.41, 5.74) is 5.19. The highest BCUT2D eigenvalue weighted by Gasteiger charge is 2.31. The van der Waals surface area contributed by atoms with E-state index in [1.165, 1.54) is 0 Å². The number of sulfone groups is 1. The van der Waals surface area contributed by atoms with E-state index in [2.05, 4.69) is 5.32 Å². The molecule has 1 rings (SSSR count). The lowest BCUT2D eigenvalue weighted by Crippen LogP contribution is -2.50. The van der Waals surface area contributed by atoms with Crippen LogP contribution in [-0.4, -0.2) is 38.4 Å². The summed E-state index contributed by atoms with van der Waals surface area (Å²) < 4.78 is 22.2. The fraction of sp³-hybridized carbons (Fsp3) is 0.800. The van der Waals surface area contributed by atoms with Crippen LogP contribution in [0.5, 0.6) is 0 Å². The number of carbonyl (C=O) groups excluding carboxylic acids is 1. The Labute approximate surface area is 64.9 Å². The molecule has 0 saturated carbocycles. The highest BCUT2D eigenvalue weighted by molar-refractivity contribution is 7.92. The van der Waals surface area contributed by atoms with Crippen LogP contribution in [-0.2, 0) is 14.6 Å². The maximum absolute atomic E-state index is 11.1. The summed E-state index contributed by atoms with van der Waals surface area (Å²) in [6.07, 6.45) is 0. The first-order valence-electron chi connectivity index (χ1n) is 3.24. The smallest absolute Gasteiger partial charge is 0.235 e. The Morgan fingerprint density at radius 2 is 2.27 bits per heavy atom. The van der Waals surface area contributed by atoms with E-state index < -0.39 is 26.7 Å². The first-order chi connectivity index (χ1) is 5.06. The molecule has 3 N–H and O–H groups in total. The molecule has 1 fully saturated rings. The number of carbonyl (C=O) groups is 1. The van der Waals surface area contributed by atoms with Crippen LogP contribution in [0.3, 0.4) is 0 Å². The van der Waals surface area contributed by atoms with Gasteiger partial charge in [-0.05, 0) is 0 Å². The number of amides is 1. The molecule has 0 aromatic carbocycles. The zero-order chi connectivity index (χ0) is 8.48. The van der Waals surface area contributed by atoms with Crippen LogP contribution < -0.4 is 11.1 Å². The van der Waals surface area contributed by atoms with Gasteiger partial charge in [-0.25, -0.2) is 8.42 Å². The Balaban J connectivity index is 2.80. The third kappa shape index (κ3) is 1.69. The molecular weight excluding hydrogens is 168 g/mol. The molecule has 1 heterocycles. The van der Waals surface area contributed by atoms with Crippen molar-refractivity contribution in [2.45, 2.75) is 5.25 Å². The maximum atomic E-state index is 11.1. The largest absolute Gasteiger partial charge is 0.354 e. The second kappa shape index (κ2) is 2.78. The molecule has 64 valence electrons. The van der Waals surface area contributed by atoms with E-state index in [9.17, 15) is 13.2 Å². The van der Waals surface area contributed by atoms with E-state index in [0.717, 1.165) is 0 Å². The van der Waals surface area contributed by atoms with E-state index in [1.54, 1.807) is 0 Å². The molecule has 0 aliphatic carbocycles. The first-order valence-corrected chi connectivity index (χ1v) is 4.96. The van der Waals surface area contributed by atoms with E-state index in [-0.39, 0.29) is 13.1 Å². The lowest BCUT2D eigenvalue weighted by Gasteiger charge is -2.20. The van der Waals surface area contributed by atoms with E-state index in [0.29, 0.717) is 0 Å². The molecule has 1 amide bonds. The molecule has 6 heteroatoms. The molecular formula is C5H10N2O3S. The van der Waals surface area contributed by atoms with Crippen LogP contribution >= 0.6 is 0 Å². The van der Waals surface area contributed by atoms with Crippen LogP contribution in [0.4, 0.5) is 0 Å². The average Bonchev–Trinajstić information content (AvgIpc) is 1.85. The fourth-order valence-electron chi connectivity index (χ4n) is 0.936. The second-order valence-electron chi connectivity index (χ2n) is 2.47. The van der Waals surface area contributed by atoms with Crippen LogP contribution in [0.1, 0.15) is 0 Å². The van der Waals surface area contributed by atoms with Crippen molar-refractivity contribution >= 4 is 15.7 Å². The van der Waals surface area contributed by atoms with Gasteiger partial charge in [0.05, 0.1) is 5.25 Å². The van der Waals surface area contributed by atoms with Gasteiger partial charge in [-0.1, -0.05) is 0 Å². The number of nitrogens with two attached hydrogens (primary N) is 1. The van der Waals surface area contributed by atoms with Gasteiger partial charge in [0.25, 0.3) is 0 Å². The Bertz CT molecular complexity index is 259. The average molecular weight is 178 g/mol. The molecule has 1 atom stereocenters. The van der Waals surface area contributed by atoms with Gasteiger partial charge >= 0.3 is 0 Å². The SMILES string of the molecule is NCC1CNC(=O)CS1(=O)=O. The third-order valence-electron chi connectivity index (χ3n) is 1.63. The minimum atomic E-state index is -3.26. The van der Waals surface area contributed by atoms with Gasteiger partial charge in [-0.15, -0.1) is 0 Å². The lowest BCUT2D eigenvalue weighted by atomic mass is 10.4. The summed E-state index contributed by atoms with van der Waals surface area (Å²) in [5, 5.41) is 1.84. The topological polar surface area (TPSA) is 89.3 Å². The normalized spacial score (nSPS) is 29.5. The van der Waals surface area contributed by atoms with E-state index >= 15 is 0 Å². The van der Waals surface area contributed by atoms with Gasteiger partial charge in [0, 0.05) is 13.1 Å². The van der Waals surface area contributed by atoms with Gasteiger partial charge in [-0.3, -0.25) is 4.79 Å². The number of hydrogen-bond donors (Lipinski definition) is 2. The molecule has 1 aliphatic rings. The molecule has 0 aromatic rings. The predicted molar refractivity (Wildman–Crippen MR) is 39.6 cm³/mol. The van der Waals surface area contributed by atoms with Crippen LogP contribution in [0.15, 0.2) is 0 Å². The monoisotopic (exact) mass is 178 g/mol. The maximum Gasteiger partial charge on any atom is 0.235 e. The molecule has 1 unspecified atom stereocenters. The van der Waals surface area contributed by atoms with Gasteiger partial charge < -0.3 is 11.1 Å². The van der Waals surface area contributed by atoms with Gasteiger partial charge in [0.2, 0.25) is 5.91 Å². The van der Waals surface area contributed by atoms with Crippen molar-refractivity contribution < 1.29 is 13.2 Å². The quantitative estimate of drug-likeness (QED) is 0.479. The first kappa shape index (κ1) is 8.48. The minimum absolute atomic E-state index is 0.0720. The summed E-state index contributed by atoms with van der Waals surface area (Å²) in [7, 11) is -3.26. The van der Waals surface area contributed by atoms with Crippen LogP contribution in [0, 0.1) is 0 Å². The molecule has 11 heavy (non-hydrogen) atoms. The lowest BCUT2D eigenvalue weighted by molar-refractivity contribution is -0.118. The molecule has 0 bridgehead atoms. The molecule has 0 aromatic heterocycles. The van der Waals surface area contributed by atoms with Crippen molar-refractivity contribution in [2.24, 2.45) is 5.73 Å². The molecule has 0 spiro atoms. The molecule has 1 saturated heterocycles. The zero-order valence-corrected chi connectivity index (χ0v) is 6.73. The third-order valence-corrected chi connectivity index (χ3v) is 3.67. The summed E-state index contributed by atoms with van der Waals surface area (Å²) in [6, 6.07) is 0. The van der Waals surface area contributed by atoms with Gasteiger partial charge in [-0.2, -0.15) is 0 Å². The minimum Gasteiger partial charge on any atom is -0.354 e. The summed E-state index contributed by atoms with van der Waals surface area (Å²) in [4.78, 5) is 10.6. The van der Waals surface area contributed by atoms with Crippen molar-refractivity contribution in [3.05, 3.63) is 0 Å². The Morgan fingerprint density at radius 1 is 1.64 bits per heavy atom. The van der Waals surface area contributed by atoms with Crippen molar-refractivity contribution in [3.8, 4) is 0 Å². The standard InChI is InChI=1S/C5H10N2O3S/c6-1-4-2-7-5(8)3-11(4,9)10/h4H,1-3,6H2,(H,7,8). The van der Waals surface area contributed by atoms with E-state index in [4.69, 9.17) is 5.73 Å². The van der Waals surface area contributed by atoms with Gasteiger partial charge in [0.15, 0.2) is 9.84 Å². The number of rotatable bonds is 1. The highest BCUT2D eigenvalue weighted by atomic mass is 32.2. The Morgan fingerprint density at radius 3 is 2.73 bits per heavy atom. The predicted octanol–water partition coefficient (Wildman–Crippen LogP) is -2.14. The van der Waals surface area contributed by atoms with Crippen molar-refractivity contribution in [1.29, 1.82) is 0 Å². The summed E-state index contributed by atoms with van der Waals surface area (Å²) in [5.74, 6) is -0.857. The zero-order valence-electron chi connectivity index (χ0n) is 5.91. The Kier molecular flexibility index (Phi) is 2.15. The Hall–Kier alpha value is -0.620. The molecule has 5 nitrogen and oxygen atoms in total. The van der Waals surface area contributed by atoms with E-state index in [1.807, 2.05) is 0 Å². The second-order valence-corrected chi connectivity index (χ2v) is 4.75. The van der Waals surface area contributed by atoms with Crippen LogP contribution in [0.2, 0.25) is 0 Å². The van der Waals surface area contributed by atoms with Crippen molar-refractivity contribution in [2.75, 3.05) is 18.8 Å². The summed E-state index contributed by atoms with van der Waals surface area (Å²) in [6.45, 7) is 0.223. The number of nitrogens with one attached hydrogen (secondary N) is 1. The van der Waals surface area contributed by atoms with Gasteiger partial charge in [0.1, 0.15) is 5.75 Å².